The van der Waals surface area contributed by atoms with Crippen LogP contribution in [-0.4, -0.2) is 46.0 Å². The summed E-state index contributed by atoms with van der Waals surface area (Å²) in [5.41, 5.74) is 4.16. The van der Waals surface area contributed by atoms with Gasteiger partial charge in [0.05, 0.1) is 19.1 Å². The maximum Gasteiger partial charge on any atom is 0.348 e. The van der Waals surface area contributed by atoms with Gasteiger partial charge in [-0.3, -0.25) is 14.2 Å². The van der Waals surface area contributed by atoms with Crippen LogP contribution < -0.4 is 20.5 Å². The zero-order valence-corrected chi connectivity index (χ0v) is 24.6. The Hall–Kier alpha value is -4.99. The highest BCUT2D eigenvalue weighted by atomic mass is 19.1. The smallest absolute Gasteiger partial charge is 0.348 e. The Balaban J connectivity index is 1.39. The molecule has 0 fully saturated rings. The lowest BCUT2D eigenvalue weighted by Crippen LogP contribution is -2.44. The van der Waals surface area contributed by atoms with Crippen LogP contribution >= 0.6 is 0 Å². The molecule has 0 spiro atoms. The number of ether oxygens (including phenoxy) is 2. The van der Waals surface area contributed by atoms with Crippen LogP contribution in [0.2, 0.25) is 0 Å². The largest absolute Gasteiger partial charge is 0.494 e. The Morgan fingerprint density at radius 3 is 2.75 bits per heavy atom. The maximum atomic E-state index is 14.8. The lowest BCUT2D eigenvalue weighted by Gasteiger charge is -2.38. The molecular formula is C34H33FN4O5. The second-order valence-corrected chi connectivity index (χ2v) is 11.2. The van der Waals surface area contributed by atoms with E-state index in [0.29, 0.717) is 61.0 Å². The van der Waals surface area contributed by atoms with Crippen LogP contribution in [0.3, 0.4) is 0 Å². The normalized spacial score (nSPS) is 16.6. The van der Waals surface area contributed by atoms with Gasteiger partial charge in [-0.2, -0.15) is 4.98 Å². The van der Waals surface area contributed by atoms with Crippen molar-refractivity contribution in [3.63, 3.8) is 0 Å². The molecule has 226 valence electrons. The first-order chi connectivity index (χ1) is 21.2. The third-order valence-electron chi connectivity index (χ3n) is 7.98. The third-order valence-corrected chi connectivity index (χ3v) is 7.98. The van der Waals surface area contributed by atoms with E-state index in [1.165, 1.54) is 10.6 Å². The van der Waals surface area contributed by atoms with E-state index in [1.807, 2.05) is 36.4 Å². The Kier molecular flexibility index (Phi) is 8.15. The van der Waals surface area contributed by atoms with Gasteiger partial charge < -0.3 is 19.7 Å². The second-order valence-electron chi connectivity index (χ2n) is 11.2. The fraction of sp³-hybridized carbons (Fsp3) is 0.294. The minimum atomic E-state index is -0.530. The first-order valence-electron chi connectivity index (χ1n) is 14.7. The molecule has 1 atom stereocenters. The van der Waals surface area contributed by atoms with Crippen molar-refractivity contribution < 1.29 is 23.5 Å². The monoisotopic (exact) mass is 596 g/mol. The topological polar surface area (TPSA) is 103 Å². The molecule has 4 aromatic rings. The fourth-order valence-electron chi connectivity index (χ4n) is 5.86. The average Bonchev–Trinajstić information content (AvgIpc) is 2.99. The number of carbonyl (C=O) groups is 2. The Morgan fingerprint density at radius 2 is 1.91 bits per heavy atom. The first-order valence-corrected chi connectivity index (χ1v) is 14.7. The molecule has 1 N–H and O–H groups in total. The Morgan fingerprint density at radius 1 is 1.05 bits per heavy atom. The van der Waals surface area contributed by atoms with E-state index in [-0.39, 0.29) is 30.5 Å². The van der Waals surface area contributed by atoms with Crippen molar-refractivity contribution >= 4 is 11.8 Å². The van der Waals surface area contributed by atoms with Gasteiger partial charge in [0.1, 0.15) is 18.0 Å². The van der Waals surface area contributed by atoms with Crippen molar-refractivity contribution in [2.24, 2.45) is 0 Å². The van der Waals surface area contributed by atoms with Gasteiger partial charge in [-0.15, -0.1) is 0 Å². The number of rotatable bonds is 2. The van der Waals surface area contributed by atoms with E-state index < -0.39 is 17.5 Å². The molecular weight excluding hydrogens is 563 g/mol. The van der Waals surface area contributed by atoms with E-state index in [0.717, 1.165) is 16.7 Å². The van der Waals surface area contributed by atoms with E-state index in [1.54, 1.807) is 43.0 Å². The molecule has 10 heteroatoms. The van der Waals surface area contributed by atoms with E-state index >= 15 is 0 Å². The Bertz CT molecular complexity index is 1800. The number of hydrogen-bond donors (Lipinski definition) is 1. The van der Waals surface area contributed by atoms with Crippen molar-refractivity contribution in [2.75, 3.05) is 19.7 Å². The van der Waals surface area contributed by atoms with Crippen LogP contribution in [0.4, 0.5) is 4.39 Å². The number of amides is 2. The molecule has 2 amide bonds. The molecule has 1 unspecified atom stereocenters. The van der Waals surface area contributed by atoms with Gasteiger partial charge >= 0.3 is 5.69 Å². The van der Waals surface area contributed by atoms with E-state index in [2.05, 4.69) is 10.3 Å². The fourth-order valence-corrected chi connectivity index (χ4v) is 5.86. The molecule has 3 aromatic carbocycles. The van der Waals surface area contributed by atoms with Gasteiger partial charge in [-0.05, 0) is 91.4 Å². The van der Waals surface area contributed by atoms with Crippen molar-refractivity contribution in [1.29, 1.82) is 0 Å². The van der Waals surface area contributed by atoms with Gasteiger partial charge in [-0.1, -0.05) is 24.3 Å². The Labute approximate surface area is 254 Å². The molecule has 3 aliphatic heterocycles. The summed E-state index contributed by atoms with van der Waals surface area (Å²) in [6.07, 6.45) is 1.22. The summed E-state index contributed by atoms with van der Waals surface area (Å²) < 4.78 is 28.2. The molecule has 9 nitrogen and oxygen atoms in total. The maximum absolute atomic E-state index is 14.8. The molecule has 3 aliphatic rings. The SMILES string of the molecule is Cc1cc(C)n(CC(=O)N2CCc3cc4ccc3C2c2cccc(c2)OCCCNC(=O)Cc2ccc(F)c(c2)O4)c(=O)n1. The van der Waals surface area contributed by atoms with Gasteiger partial charge in [0.2, 0.25) is 11.8 Å². The molecule has 0 saturated heterocycles. The summed E-state index contributed by atoms with van der Waals surface area (Å²) >= 11 is 0. The van der Waals surface area contributed by atoms with E-state index in [4.69, 9.17) is 9.47 Å². The van der Waals surface area contributed by atoms with Crippen LogP contribution in [0.1, 0.15) is 46.1 Å². The van der Waals surface area contributed by atoms with Crippen molar-refractivity contribution in [2.45, 2.75) is 45.7 Å². The summed E-state index contributed by atoms with van der Waals surface area (Å²) in [6.45, 7) is 4.61. The van der Waals surface area contributed by atoms with Crippen LogP contribution in [0.15, 0.2) is 71.5 Å². The number of nitrogens with zero attached hydrogens (tertiary/aromatic N) is 3. The zero-order valence-electron chi connectivity index (χ0n) is 24.6. The number of fused-ring (bicyclic) bond motifs is 7. The highest BCUT2D eigenvalue weighted by Gasteiger charge is 2.33. The predicted molar refractivity (Wildman–Crippen MR) is 161 cm³/mol. The summed E-state index contributed by atoms with van der Waals surface area (Å²) in [7, 11) is 0. The molecule has 0 saturated carbocycles. The van der Waals surface area contributed by atoms with Crippen LogP contribution in [-0.2, 0) is 29.0 Å². The molecule has 44 heavy (non-hydrogen) atoms. The average molecular weight is 597 g/mol. The van der Waals surface area contributed by atoms with Gasteiger partial charge in [0.25, 0.3) is 0 Å². The zero-order chi connectivity index (χ0) is 30.8. The summed E-state index contributed by atoms with van der Waals surface area (Å²) in [4.78, 5) is 44.9. The second kappa shape index (κ2) is 12.3. The number of nitrogens with one attached hydrogen (secondary N) is 1. The molecule has 0 aliphatic carbocycles. The van der Waals surface area contributed by atoms with Gasteiger partial charge in [0, 0.05) is 24.5 Å². The molecule has 8 bridgehead atoms. The standard InChI is InChI=1S/C34H33FN4O5/c1-21-15-22(2)39(34(42)37-21)20-32(41)38-13-11-24-18-27-8-9-28(24)33(38)25-5-3-6-26(19-25)43-14-4-12-36-31(40)17-23-7-10-29(35)30(16-23)44-27/h3,5-10,15-16,18-19,33H,4,11-14,17,20H2,1-2H3,(H,36,40). The van der Waals surface area contributed by atoms with Crippen molar-refractivity contribution in [3.05, 3.63) is 117 Å². The quantitative estimate of drug-likeness (QED) is 0.368. The summed E-state index contributed by atoms with van der Waals surface area (Å²) in [6, 6.07) is 18.9. The lowest BCUT2D eigenvalue weighted by molar-refractivity contribution is -0.134. The first kappa shape index (κ1) is 29.1. The minimum absolute atomic E-state index is 0.0333. The number of halogens is 1. The number of benzene rings is 3. The number of hydrogen-bond acceptors (Lipinski definition) is 6. The third kappa shape index (κ3) is 6.20. The van der Waals surface area contributed by atoms with Crippen LogP contribution in [0.5, 0.6) is 17.2 Å². The number of aromatic nitrogens is 2. The highest BCUT2D eigenvalue weighted by molar-refractivity contribution is 5.79. The van der Waals surface area contributed by atoms with E-state index in [9.17, 15) is 18.8 Å². The summed E-state index contributed by atoms with van der Waals surface area (Å²) in [5.74, 6) is 0.212. The highest BCUT2D eigenvalue weighted by Crippen LogP contribution is 2.39. The molecule has 1 aromatic heterocycles. The lowest BCUT2D eigenvalue weighted by atomic mass is 9.87. The van der Waals surface area contributed by atoms with Crippen LogP contribution in [0.25, 0.3) is 0 Å². The van der Waals surface area contributed by atoms with Crippen molar-refractivity contribution in [1.82, 2.24) is 19.8 Å². The molecule has 4 heterocycles. The van der Waals surface area contributed by atoms with Gasteiger partial charge in [-0.25, -0.2) is 9.18 Å². The minimum Gasteiger partial charge on any atom is -0.494 e. The molecule has 0 radical (unpaired) electrons. The predicted octanol–water partition coefficient (Wildman–Crippen LogP) is 4.41. The number of carbonyl (C=O) groups excluding carboxylic acids is 2. The molecule has 7 rings (SSSR count). The van der Waals surface area contributed by atoms with Crippen LogP contribution in [0, 0.1) is 19.7 Å². The number of aryl methyl sites for hydroxylation is 2. The van der Waals surface area contributed by atoms with Gasteiger partial charge in [0.15, 0.2) is 11.6 Å². The summed E-state index contributed by atoms with van der Waals surface area (Å²) in [5, 5.41) is 2.88. The van der Waals surface area contributed by atoms with Crippen molar-refractivity contribution in [3.8, 4) is 17.2 Å².